The molecule has 0 aliphatic rings. The third-order valence-electron chi connectivity index (χ3n) is 3.81. The van der Waals surface area contributed by atoms with Crippen LogP contribution in [-0.4, -0.2) is 15.5 Å². The molecule has 0 saturated carbocycles. The highest BCUT2D eigenvalue weighted by molar-refractivity contribution is 7.20. The zero-order valence-electron chi connectivity index (χ0n) is 13.1. The molecular weight excluding hydrogens is 337 g/mol. The minimum Gasteiger partial charge on any atom is -0.333 e. The molecule has 4 aromatic rings. The van der Waals surface area contributed by atoms with E-state index in [0.29, 0.717) is 11.4 Å². The zero-order valence-corrected chi connectivity index (χ0v) is 14.0. The second-order valence-electron chi connectivity index (χ2n) is 5.68. The molecule has 0 fully saturated rings. The number of halogens is 1. The van der Waals surface area contributed by atoms with Crippen molar-refractivity contribution in [1.82, 2.24) is 9.55 Å². The molecule has 124 valence electrons. The monoisotopic (exact) mass is 351 g/mol. The Morgan fingerprint density at radius 3 is 2.96 bits per heavy atom. The number of amides is 1. The molecule has 0 atom stereocenters. The first-order valence-electron chi connectivity index (χ1n) is 7.72. The number of rotatable bonds is 4. The number of benzene rings is 2. The highest BCUT2D eigenvalue weighted by Gasteiger charge is 2.11. The molecule has 6 heteroatoms. The fourth-order valence-corrected chi connectivity index (χ4v) is 3.60. The number of hydrogen-bond donors (Lipinski definition) is 1. The molecule has 1 amide bonds. The number of carbonyl (C=O) groups is 1. The van der Waals surface area contributed by atoms with Crippen molar-refractivity contribution in [3.8, 4) is 0 Å². The molecule has 1 N–H and O–H groups in total. The van der Waals surface area contributed by atoms with Gasteiger partial charge in [0.15, 0.2) is 0 Å². The summed E-state index contributed by atoms with van der Waals surface area (Å²) in [5.74, 6) is -0.495. The van der Waals surface area contributed by atoms with Crippen LogP contribution in [0.4, 0.5) is 10.1 Å². The van der Waals surface area contributed by atoms with Crippen LogP contribution in [0, 0.1) is 5.82 Å². The Bertz CT molecular complexity index is 1040. The first kappa shape index (κ1) is 15.5. The van der Waals surface area contributed by atoms with Crippen LogP contribution >= 0.6 is 11.3 Å². The van der Waals surface area contributed by atoms with E-state index < -0.39 is 0 Å². The smallest absolute Gasteiger partial charge is 0.265 e. The largest absolute Gasteiger partial charge is 0.333 e. The van der Waals surface area contributed by atoms with E-state index in [0.717, 1.165) is 21.3 Å². The maximum Gasteiger partial charge on any atom is 0.265 e. The summed E-state index contributed by atoms with van der Waals surface area (Å²) < 4.78 is 16.1. The number of anilines is 1. The van der Waals surface area contributed by atoms with E-state index in [2.05, 4.69) is 10.3 Å². The van der Waals surface area contributed by atoms with Crippen molar-refractivity contribution in [3.05, 3.63) is 83.5 Å². The Balaban J connectivity index is 1.53. The lowest BCUT2D eigenvalue weighted by Crippen LogP contribution is -2.10. The van der Waals surface area contributed by atoms with Crippen LogP contribution in [0.2, 0.25) is 0 Å². The van der Waals surface area contributed by atoms with E-state index in [1.165, 1.54) is 23.5 Å². The van der Waals surface area contributed by atoms with Crippen LogP contribution in [-0.2, 0) is 6.54 Å². The van der Waals surface area contributed by atoms with Crippen LogP contribution < -0.4 is 5.32 Å². The van der Waals surface area contributed by atoms with Gasteiger partial charge in [-0.2, -0.15) is 0 Å². The van der Waals surface area contributed by atoms with Crippen molar-refractivity contribution in [3.63, 3.8) is 0 Å². The van der Waals surface area contributed by atoms with E-state index >= 15 is 0 Å². The molecule has 0 aliphatic carbocycles. The van der Waals surface area contributed by atoms with E-state index in [1.54, 1.807) is 24.7 Å². The molecule has 0 bridgehead atoms. The van der Waals surface area contributed by atoms with Crippen LogP contribution in [0.1, 0.15) is 15.2 Å². The standard InChI is InChI=1S/C19H14FN3OS/c20-15-4-5-17-14(9-15)10-18(25-17)19(24)22-16-3-1-2-13(8-16)11-23-7-6-21-12-23/h1-10,12H,11H2,(H,22,24). The molecule has 2 heterocycles. The highest BCUT2D eigenvalue weighted by Crippen LogP contribution is 2.27. The first-order chi connectivity index (χ1) is 12.2. The van der Waals surface area contributed by atoms with Gasteiger partial charge in [-0.25, -0.2) is 9.37 Å². The van der Waals surface area contributed by atoms with Gasteiger partial charge in [-0.15, -0.1) is 11.3 Å². The minimum atomic E-state index is -0.301. The predicted octanol–water partition coefficient (Wildman–Crippen LogP) is 4.54. The molecule has 4 rings (SSSR count). The fraction of sp³-hybridized carbons (Fsp3) is 0.0526. The molecule has 0 radical (unpaired) electrons. The lowest BCUT2D eigenvalue weighted by Gasteiger charge is -2.07. The molecule has 2 aromatic heterocycles. The normalized spacial score (nSPS) is 10.9. The van der Waals surface area contributed by atoms with Crippen molar-refractivity contribution < 1.29 is 9.18 Å². The Morgan fingerprint density at radius 2 is 2.12 bits per heavy atom. The third-order valence-corrected chi connectivity index (χ3v) is 4.93. The Morgan fingerprint density at radius 1 is 1.20 bits per heavy atom. The summed E-state index contributed by atoms with van der Waals surface area (Å²) in [5.41, 5.74) is 1.79. The van der Waals surface area contributed by atoms with E-state index in [9.17, 15) is 9.18 Å². The minimum absolute atomic E-state index is 0.193. The number of carbonyl (C=O) groups excluding carboxylic acids is 1. The molecule has 0 aliphatic heterocycles. The average Bonchev–Trinajstić information content (AvgIpc) is 3.24. The maximum atomic E-state index is 13.3. The predicted molar refractivity (Wildman–Crippen MR) is 97.5 cm³/mol. The number of fused-ring (bicyclic) bond motifs is 1. The Hall–Kier alpha value is -2.99. The average molecular weight is 351 g/mol. The molecule has 0 saturated heterocycles. The lowest BCUT2D eigenvalue weighted by molar-refractivity contribution is 0.103. The highest BCUT2D eigenvalue weighted by atomic mass is 32.1. The van der Waals surface area contributed by atoms with Gasteiger partial charge in [-0.3, -0.25) is 4.79 Å². The van der Waals surface area contributed by atoms with Crippen LogP contribution in [0.3, 0.4) is 0 Å². The summed E-state index contributed by atoms with van der Waals surface area (Å²) >= 11 is 1.35. The molecule has 4 nitrogen and oxygen atoms in total. The van der Waals surface area contributed by atoms with Gasteiger partial charge in [-0.05, 0) is 47.3 Å². The summed E-state index contributed by atoms with van der Waals surface area (Å²) in [6.45, 7) is 0.686. The van der Waals surface area contributed by atoms with Gasteiger partial charge >= 0.3 is 0 Å². The van der Waals surface area contributed by atoms with Gasteiger partial charge in [0.05, 0.1) is 11.2 Å². The number of nitrogens with zero attached hydrogens (tertiary/aromatic N) is 2. The number of imidazole rings is 1. The summed E-state index contributed by atoms with van der Waals surface area (Å²) in [7, 11) is 0. The molecule has 0 spiro atoms. The molecule has 25 heavy (non-hydrogen) atoms. The first-order valence-corrected chi connectivity index (χ1v) is 8.54. The van der Waals surface area contributed by atoms with Gasteiger partial charge < -0.3 is 9.88 Å². The Labute approximate surface area is 147 Å². The van der Waals surface area contributed by atoms with Crippen molar-refractivity contribution in [2.45, 2.75) is 6.54 Å². The number of thiophene rings is 1. The van der Waals surface area contributed by atoms with Gasteiger partial charge in [0.1, 0.15) is 5.82 Å². The van der Waals surface area contributed by atoms with Crippen molar-refractivity contribution in [1.29, 1.82) is 0 Å². The number of hydrogen-bond acceptors (Lipinski definition) is 3. The van der Waals surface area contributed by atoms with E-state index in [-0.39, 0.29) is 11.7 Å². The zero-order chi connectivity index (χ0) is 17.2. The lowest BCUT2D eigenvalue weighted by atomic mass is 10.2. The summed E-state index contributed by atoms with van der Waals surface area (Å²) in [4.78, 5) is 17.1. The van der Waals surface area contributed by atoms with E-state index in [1.807, 2.05) is 35.0 Å². The molecular formula is C19H14FN3OS. The van der Waals surface area contributed by atoms with Gasteiger partial charge in [0.2, 0.25) is 0 Å². The summed E-state index contributed by atoms with van der Waals surface area (Å²) in [6.07, 6.45) is 5.37. The van der Waals surface area contributed by atoms with Crippen molar-refractivity contribution in [2.75, 3.05) is 5.32 Å². The van der Waals surface area contributed by atoms with Crippen LogP contribution in [0.15, 0.2) is 67.3 Å². The fourth-order valence-electron chi connectivity index (χ4n) is 2.66. The SMILES string of the molecule is O=C(Nc1cccc(Cn2ccnc2)c1)c1cc2cc(F)ccc2s1. The second kappa shape index (κ2) is 6.49. The maximum absolute atomic E-state index is 13.3. The third kappa shape index (κ3) is 3.44. The number of nitrogens with one attached hydrogen (secondary N) is 1. The van der Waals surface area contributed by atoms with Gasteiger partial charge in [0, 0.05) is 29.3 Å². The van der Waals surface area contributed by atoms with Gasteiger partial charge in [0.25, 0.3) is 5.91 Å². The topological polar surface area (TPSA) is 46.9 Å². The van der Waals surface area contributed by atoms with Gasteiger partial charge in [-0.1, -0.05) is 12.1 Å². The van der Waals surface area contributed by atoms with Crippen molar-refractivity contribution in [2.24, 2.45) is 0 Å². The summed E-state index contributed by atoms with van der Waals surface area (Å²) in [6, 6.07) is 13.9. The quantitative estimate of drug-likeness (QED) is 0.587. The van der Waals surface area contributed by atoms with Crippen LogP contribution in [0.25, 0.3) is 10.1 Å². The van der Waals surface area contributed by atoms with Crippen molar-refractivity contribution >= 4 is 33.0 Å². The van der Waals surface area contributed by atoms with E-state index in [4.69, 9.17) is 0 Å². The van der Waals surface area contributed by atoms with Crippen LogP contribution in [0.5, 0.6) is 0 Å². The number of aromatic nitrogens is 2. The second-order valence-corrected chi connectivity index (χ2v) is 6.77. The molecule has 0 unspecified atom stereocenters. The molecule has 2 aromatic carbocycles. The summed E-state index contributed by atoms with van der Waals surface area (Å²) in [5, 5.41) is 3.65. The Kier molecular flexibility index (Phi) is 4.03.